The first-order valence-corrected chi connectivity index (χ1v) is 7.10. The first-order chi connectivity index (χ1) is 11.8. The van der Waals surface area contributed by atoms with Gasteiger partial charge in [-0.2, -0.15) is 13.2 Å². The van der Waals surface area contributed by atoms with E-state index in [2.05, 4.69) is 20.4 Å². The van der Waals surface area contributed by atoms with E-state index >= 15 is 0 Å². The van der Waals surface area contributed by atoms with Crippen LogP contribution in [0.1, 0.15) is 17.0 Å². The molecule has 0 unspecified atom stereocenters. The van der Waals surface area contributed by atoms with E-state index in [-0.39, 0.29) is 24.6 Å². The second-order valence-corrected chi connectivity index (χ2v) is 4.82. The van der Waals surface area contributed by atoms with Gasteiger partial charge in [0.25, 0.3) is 5.91 Å². The van der Waals surface area contributed by atoms with Gasteiger partial charge in [0, 0.05) is 19.0 Å². The number of carbonyl (C=O) groups is 2. The highest BCUT2D eigenvalue weighted by atomic mass is 19.4. The number of carbonyl (C=O) groups excluding carboxylic acids is 2. The largest absolute Gasteiger partial charge is 0.468 e. The van der Waals surface area contributed by atoms with Crippen LogP contribution in [0.25, 0.3) is 0 Å². The summed E-state index contributed by atoms with van der Waals surface area (Å²) < 4.78 is 45.4. The first kappa shape index (κ1) is 18.3. The van der Waals surface area contributed by atoms with Crippen molar-refractivity contribution in [3.63, 3.8) is 0 Å². The third kappa shape index (κ3) is 6.53. The van der Waals surface area contributed by atoms with Crippen molar-refractivity contribution in [2.24, 2.45) is 0 Å². The number of hydrogen-bond acceptors (Lipinski definition) is 5. The standard InChI is InChI=1S/C15H14F3N3O4/c16-15(17,18)9-25-13-4-3-10(8-20-13)21-12(22)5-6-19-14(23)11-2-1-7-24-11/h1-4,7-8H,5-6,9H2,(H,19,23)(H,21,22). The van der Waals surface area contributed by atoms with Gasteiger partial charge in [-0.25, -0.2) is 4.98 Å². The van der Waals surface area contributed by atoms with E-state index in [0.29, 0.717) is 5.69 Å². The molecular formula is C15H14F3N3O4. The molecule has 0 aliphatic rings. The van der Waals surface area contributed by atoms with Crippen LogP contribution in [0.3, 0.4) is 0 Å². The second kappa shape index (κ2) is 8.18. The van der Waals surface area contributed by atoms with Crippen LogP contribution in [0.2, 0.25) is 0 Å². The summed E-state index contributed by atoms with van der Waals surface area (Å²) in [5.74, 6) is -0.906. The van der Waals surface area contributed by atoms with Gasteiger partial charge in [-0.3, -0.25) is 9.59 Å². The van der Waals surface area contributed by atoms with Crippen LogP contribution in [0.4, 0.5) is 18.9 Å². The van der Waals surface area contributed by atoms with Crippen molar-refractivity contribution in [2.45, 2.75) is 12.6 Å². The molecule has 0 atom stereocenters. The molecule has 0 saturated carbocycles. The van der Waals surface area contributed by atoms with E-state index in [1.54, 1.807) is 6.07 Å². The fourth-order valence-electron chi connectivity index (χ4n) is 1.70. The lowest BCUT2D eigenvalue weighted by molar-refractivity contribution is -0.154. The average Bonchev–Trinajstić information content (AvgIpc) is 3.08. The number of anilines is 1. The van der Waals surface area contributed by atoms with Crippen molar-refractivity contribution in [1.82, 2.24) is 10.3 Å². The molecule has 7 nitrogen and oxygen atoms in total. The van der Waals surface area contributed by atoms with Crippen molar-refractivity contribution in [1.29, 1.82) is 0 Å². The molecule has 0 spiro atoms. The number of hydrogen-bond donors (Lipinski definition) is 2. The molecule has 25 heavy (non-hydrogen) atoms. The summed E-state index contributed by atoms with van der Waals surface area (Å²) in [6.07, 6.45) is -1.92. The molecular weight excluding hydrogens is 343 g/mol. The van der Waals surface area contributed by atoms with Gasteiger partial charge in [-0.05, 0) is 18.2 Å². The molecule has 10 heteroatoms. The van der Waals surface area contributed by atoms with Gasteiger partial charge < -0.3 is 19.8 Å². The quantitative estimate of drug-likeness (QED) is 0.794. The molecule has 0 radical (unpaired) electrons. The molecule has 0 aliphatic heterocycles. The number of amides is 2. The second-order valence-electron chi connectivity index (χ2n) is 4.82. The summed E-state index contributed by atoms with van der Waals surface area (Å²) in [7, 11) is 0. The Labute approximate surface area is 140 Å². The number of nitrogens with one attached hydrogen (secondary N) is 2. The molecule has 2 heterocycles. The number of furan rings is 1. The number of halogens is 3. The van der Waals surface area contributed by atoms with Gasteiger partial charge in [-0.15, -0.1) is 0 Å². The highest BCUT2D eigenvalue weighted by molar-refractivity contribution is 5.93. The Morgan fingerprint density at radius 2 is 2.04 bits per heavy atom. The zero-order valence-electron chi connectivity index (χ0n) is 12.8. The molecule has 2 rings (SSSR count). The number of alkyl halides is 3. The van der Waals surface area contributed by atoms with Crippen molar-refractivity contribution in [3.05, 3.63) is 42.5 Å². The zero-order valence-corrected chi connectivity index (χ0v) is 12.8. The van der Waals surface area contributed by atoms with Crippen LogP contribution in [0.5, 0.6) is 5.88 Å². The van der Waals surface area contributed by atoms with Gasteiger partial charge in [0.1, 0.15) is 0 Å². The maximum Gasteiger partial charge on any atom is 0.422 e. The molecule has 2 aromatic rings. The molecule has 0 bridgehead atoms. The third-order valence-corrected chi connectivity index (χ3v) is 2.79. The number of rotatable bonds is 7. The Kier molecular flexibility index (Phi) is 5.98. The van der Waals surface area contributed by atoms with Gasteiger partial charge in [0.2, 0.25) is 11.8 Å². The minimum atomic E-state index is -4.45. The van der Waals surface area contributed by atoms with E-state index in [9.17, 15) is 22.8 Å². The number of ether oxygens (including phenoxy) is 1. The van der Waals surface area contributed by atoms with Crippen LogP contribution in [-0.2, 0) is 4.79 Å². The summed E-state index contributed by atoms with van der Waals surface area (Å²) in [5.41, 5.74) is 0.293. The van der Waals surface area contributed by atoms with Gasteiger partial charge >= 0.3 is 6.18 Å². The lowest BCUT2D eigenvalue weighted by atomic mass is 10.3. The van der Waals surface area contributed by atoms with Crippen LogP contribution in [0, 0.1) is 0 Å². The molecule has 134 valence electrons. The summed E-state index contributed by atoms with van der Waals surface area (Å²) >= 11 is 0. The highest BCUT2D eigenvalue weighted by Crippen LogP contribution is 2.18. The summed E-state index contributed by atoms with van der Waals surface area (Å²) in [6, 6.07) is 5.62. The highest BCUT2D eigenvalue weighted by Gasteiger charge is 2.28. The van der Waals surface area contributed by atoms with E-state index in [4.69, 9.17) is 4.42 Å². The van der Waals surface area contributed by atoms with Crippen LogP contribution in [0.15, 0.2) is 41.1 Å². The number of nitrogens with zero attached hydrogens (tertiary/aromatic N) is 1. The third-order valence-electron chi connectivity index (χ3n) is 2.79. The summed E-state index contributed by atoms with van der Waals surface area (Å²) in [6.45, 7) is -1.35. The van der Waals surface area contributed by atoms with Crippen molar-refractivity contribution >= 4 is 17.5 Å². The monoisotopic (exact) mass is 357 g/mol. The van der Waals surface area contributed by atoms with Crippen LogP contribution >= 0.6 is 0 Å². The zero-order chi connectivity index (χ0) is 18.3. The summed E-state index contributed by atoms with van der Waals surface area (Å²) in [4.78, 5) is 27.0. The van der Waals surface area contributed by atoms with Crippen molar-refractivity contribution in [2.75, 3.05) is 18.5 Å². The Bertz CT molecular complexity index is 700. The van der Waals surface area contributed by atoms with Gasteiger partial charge in [0.05, 0.1) is 18.1 Å². The van der Waals surface area contributed by atoms with Crippen LogP contribution in [-0.4, -0.2) is 36.1 Å². The fourth-order valence-corrected chi connectivity index (χ4v) is 1.70. The van der Waals surface area contributed by atoms with E-state index in [1.165, 1.54) is 30.7 Å². The lowest BCUT2D eigenvalue weighted by Gasteiger charge is -2.09. The van der Waals surface area contributed by atoms with Crippen molar-refractivity contribution in [3.8, 4) is 5.88 Å². The smallest absolute Gasteiger partial charge is 0.422 e. The number of pyridine rings is 1. The molecule has 2 aromatic heterocycles. The maximum atomic E-state index is 12.0. The van der Waals surface area contributed by atoms with Gasteiger partial charge in [0.15, 0.2) is 12.4 Å². The van der Waals surface area contributed by atoms with Crippen molar-refractivity contribution < 1.29 is 31.9 Å². The Morgan fingerprint density at radius 3 is 2.64 bits per heavy atom. The Hall–Kier alpha value is -3.04. The minimum absolute atomic E-state index is 0.00122. The normalized spacial score (nSPS) is 11.0. The van der Waals surface area contributed by atoms with E-state index < -0.39 is 24.6 Å². The van der Waals surface area contributed by atoms with Crippen LogP contribution < -0.4 is 15.4 Å². The fraction of sp³-hybridized carbons (Fsp3) is 0.267. The van der Waals surface area contributed by atoms with Gasteiger partial charge in [-0.1, -0.05) is 0 Å². The minimum Gasteiger partial charge on any atom is -0.468 e. The topological polar surface area (TPSA) is 93.5 Å². The molecule has 2 amide bonds. The molecule has 0 aliphatic carbocycles. The average molecular weight is 357 g/mol. The predicted molar refractivity (Wildman–Crippen MR) is 80.1 cm³/mol. The van der Waals surface area contributed by atoms with E-state index in [0.717, 1.165) is 0 Å². The number of aromatic nitrogens is 1. The van der Waals surface area contributed by atoms with E-state index in [1.807, 2.05) is 0 Å². The summed E-state index contributed by atoms with van der Waals surface area (Å²) in [5, 5.41) is 5.00. The SMILES string of the molecule is O=C(CCNC(=O)c1ccco1)Nc1ccc(OCC(F)(F)F)nc1. The Morgan fingerprint density at radius 1 is 1.24 bits per heavy atom. The Balaban J connectivity index is 1.72. The molecule has 0 fully saturated rings. The first-order valence-electron chi connectivity index (χ1n) is 7.10. The molecule has 0 aromatic carbocycles. The molecule has 2 N–H and O–H groups in total. The predicted octanol–water partition coefficient (Wildman–Crippen LogP) is 2.37. The molecule has 0 saturated heterocycles. The lowest BCUT2D eigenvalue weighted by Crippen LogP contribution is -2.27. The maximum absolute atomic E-state index is 12.0.